The molecule has 2 aromatic carbocycles. The maximum Gasteiger partial charge on any atom is 1.00 e. The molecule has 0 unspecified atom stereocenters. The molecule has 2 aromatic rings. The van der Waals surface area contributed by atoms with Gasteiger partial charge in [0, 0.05) is 19.5 Å². The number of hydrogen-bond acceptors (Lipinski definition) is 13. The van der Waals surface area contributed by atoms with Gasteiger partial charge in [0.05, 0.1) is 6.04 Å². The van der Waals surface area contributed by atoms with Crippen LogP contribution in [-0.2, 0) is 61.6 Å². The second-order valence-corrected chi connectivity index (χ2v) is 23.8. The number of nitrogens with one attached hydrogen (secondary N) is 6. The minimum absolute atomic E-state index is 0. The standard InChI is InChI=1S/C57H85N9O13S.Na/c1-11-35(9)47-54(72)61-41(29-33(5)6)51(69)62-46(34(7)8)57(75)66-27-17-21-45(66)56(74)65-26-16-20-44(65)53(71)60-43(30-37-18-14-13-15-19-37)50(68)59-42(31-38-22-24-39(25-23-38)79-80(76,77)78)49(67)58-40(28-32(3)4)52(70)63-48(36(10)12-2)55(73)64-47;/h13-15,18-19,22-25,32-36,40-48H,11-12,16-17,20-21,26-31H2,1-10H3,(H,58,67)(H,59,68)(H,60,71)(H,61,72)(H,62,69)(H,63,70)(H,64,73)(H,76,77,78);/q;+1/p-1/t35-,36-,40-,41-,42-,43-,44-,45-,46-,47-,48-;/m0./s1. The summed E-state index contributed by atoms with van der Waals surface area (Å²) in [5, 5.41) is 31.8. The Hall–Kier alpha value is -5.62. The SMILES string of the molecule is CC[C@H](C)[C@@H]1NC(=O)[C@H](CC(C)C)N=C([O-])[C@H](Cc2ccc(OS(=O)(=O)O)cc2)NC(=O)[C@H](Cc2ccccc2)NC(=O)[C@@H]2CCCN2C(=O)[C@@H]2CCCN2C(=O)[C@H](C(C)C)NC(=O)[C@H](CC(C)C)NC(=O)[C@H]([C@@H](C)CC)NC1=O.[Na+]. The molecule has 0 spiro atoms. The molecule has 0 bridgehead atoms. The molecule has 2 fully saturated rings. The van der Waals surface area contributed by atoms with Crippen molar-refractivity contribution in [2.45, 2.75) is 188 Å². The summed E-state index contributed by atoms with van der Waals surface area (Å²) in [7, 11) is -4.89. The first kappa shape index (κ1) is 67.9. The number of carbonyl (C=O) groups excluding carboxylic acids is 8. The zero-order valence-corrected chi connectivity index (χ0v) is 51.7. The summed E-state index contributed by atoms with van der Waals surface area (Å²) in [6, 6.07) is 2.97. The van der Waals surface area contributed by atoms with Gasteiger partial charge in [0.2, 0.25) is 47.3 Å². The van der Waals surface area contributed by atoms with E-state index < -0.39 is 136 Å². The number of nitrogens with zero attached hydrogens (tertiary/aromatic N) is 3. The predicted molar refractivity (Wildman–Crippen MR) is 297 cm³/mol. The second kappa shape index (κ2) is 31.2. The van der Waals surface area contributed by atoms with E-state index in [2.05, 4.69) is 41.1 Å². The van der Waals surface area contributed by atoms with Crippen molar-refractivity contribution in [3.63, 3.8) is 0 Å². The zero-order valence-electron chi connectivity index (χ0n) is 48.9. The molecule has 2 saturated heterocycles. The third-order valence-corrected chi connectivity index (χ3v) is 15.6. The number of amides is 8. The average Bonchev–Trinajstić information content (AvgIpc) is 4.22. The van der Waals surface area contributed by atoms with E-state index in [4.69, 9.17) is 0 Å². The van der Waals surface area contributed by atoms with Gasteiger partial charge in [-0.25, -0.2) is 0 Å². The Kier molecular flexibility index (Phi) is 26.1. The van der Waals surface area contributed by atoms with Crippen molar-refractivity contribution >= 4 is 63.6 Å². The molecule has 0 radical (unpaired) electrons. The topological polar surface area (TPSA) is 314 Å². The van der Waals surface area contributed by atoms with Crippen LogP contribution in [0.3, 0.4) is 0 Å². The van der Waals surface area contributed by atoms with E-state index in [9.17, 15) is 56.4 Å². The Morgan fingerprint density at radius 2 is 1.05 bits per heavy atom. The summed E-state index contributed by atoms with van der Waals surface area (Å²) in [5.41, 5.74) is 0.991. The molecule has 3 heterocycles. The first-order valence-electron chi connectivity index (χ1n) is 28.2. The fourth-order valence-electron chi connectivity index (χ4n) is 10.3. The van der Waals surface area contributed by atoms with Crippen LogP contribution in [0.5, 0.6) is 5.75 Å². The Labute approximate surface area is 499 Å². The largest absolute Gasteiger partial charge is 1.00 e. The van der Waals surface area contributed by atoms with Crippen molar-refractivity contribution in [1.82, 2.24) is 41.7 Å². The van der Waals surface area contributed by atoms with Gasteiger partial charge in [-0.15, -0.1) is 0 Å². The molecule has 3 aliphatic rings. The van der Waals surface area contributed by atoms with Gasteiger partial charge in [-0.2, -0.15) is 8.42 Å². The Morgan fingerprint density at radius 3 is 1.59 bits per heavy atom. The van der Waals surface area contributed by atoms with Gasteiger partial charge in [-0.1, -0.05) is 125 Å². The summed E-state index contributed by atoms with van der Waals surface area (Å²) in [4.78, 5) is 124. The molecule has 5 rings (SSSR count). The van der Waals surface area contributed by atoms with E-state index in [-0.39, 0.29) is 98.8 Å². The summed E-state index contributed by atoms with van der Waals surface area (Å²) in [6.07, 6.45) is 2.07. The van der Waals surface area contributed by atoms with E-state index in [1.54, 1.807) is 58.0 Å². The molecule has 81 heavy (non-hydrogen) atoms. The van der Waals surface area contributed by atoms with E-state index in [1.165, 1.54) is 34.1 Å². The van der Waals surface area contributed by atoms with Gasteiger partial charge in [-0.05, 0) is 104 Å². The fraction of sp³-hybridized carbons (Fsp3) is 0.632. The monoisotopic (exact) mass is 1160 g/mol. The van der Waals surface area contributed by atoms with Crippen LogP contribution >= 0.6 is 0 Å². The molecule has 0 aliphatic carbocycles. The molecular weight excluding hydrogens is 1070 g/mol. The Balaban J connectivity index is 0.0000141. The first-order valence-corrected chi connectivity index (χ1v) is 29.6. The van der Waals surface area contributed by atoms with Crippen molar-refractivity contribution in [3.05, 3.63) is 65.7 Å². The Morgan fingerprint density at radius 1 is 0.580 bits per heavy atom. The van der Waals surface area contributed by atoms with Crippen LogP contribution in [0.4, 0.5) is 0 Å². The average molecular weight is 1160 g/mol. The zero-order chi connectivity index (χ0) is 59.2. The third kappa shape index (κ3) is 19.5. The molecule has 442 valence electrons. The van der Waals surface area contributed by atoms with Gasteiger partial charge in [0.1, 0.15) is 54.1 Å². The predicted octanol–water partition coefficient (Wildman–Crippen LogP) is -0.470. The summed E-state index contributed by atoms with van der Waals surface area (Å²) < 4.78 is 36.8. The minimum Gasteiger partial charge on any atom is -0.861 e. The van der Waals surface area contributed by atoms with E-state index >= 15 is 0 Å². The molecule has 7 N–H and O–H groups in total. The Bertz CT molecular complexity index is 2640. The van der Waals surface area contributed by atoms with Crippen LogP contribution in [-0.4, -0.2) is 143 Å². The van der Waals surface area contributed by atoms with Crippen LogP contribution < -0.4 is 70.7 Å². The minimum atomic E-state index is -4.89. The number of carbonyl (C=O) groups is 8. The van der Waals surface area contributed by atoms with Gasteiger partial charge in [0.25, 0.3) is 0 Å². The van der Waals surface area contributed by atoms with Crippen molar-refractivity contribution in [1.29, 1.82) is 0 Å². The maximum atomic E-state index is 14.8. The second-order valence-electron chi connectivity index (χ2n) is 22.8. The molecule has 11 atom stereocenters. The number of hydrogen-bond donors (Lipinski definition) is 7. The molecule has 0 aromatic heterocycles. The maximum absolute atomic E-state index is 14.8. The molecule has 8 amide bonds. The number of rotatable bonds is 15. The quantitative estimate of drug-likeness (QED) is 0.0878. The van der Waals surface area contributed by atoms with Crippen LogP contribution in [0.15, 0.2) is 59.6 Å². The van der Waals surface area contributed by atoms with Gasteiger partial charge in [-0.3, -0.25) is 47.9 Å². The van der Waals surface area contributed by atoms with Crippen molar-refractivity contribution in [2.75, 3.05) is 13.1 Å². The molecule has 24 heteroatoms. The number of benzene rings is 2. The van der Waals surface area contributed by atoms with Crippen molar-refractivity contribution in [3.8, 4) is 5.75 Å². The van der Waals surface area contributed by atoms with Crippen LogP contribution in [0.2, 0.25) is 0 Å². The summed E-state index contributed by atoms with van der Waals surface area (Å²) in [6.45, 7) is 18.4. The third-order valence-electron chi connectivity index (χ3n) is 15.2. The van der Waals surface area contributed by atoms with Crippen molar-refractivity contribution in [2.24, 2.45) is 34.6 Å². The van der Waals surface area contributed by atoms with E-state index in [0.29, 0.717) is 36.8 Å². The van der Waals surface area contributed by atoms with Crippen LogP contribution in [0.1, 0.15) is 132 Å². The van der Waals surface area contributed by atoms with Crippen molar-refractivity contribution < 1.29 is 90.2 Å². The number of fused-ring (bicyclic) bond motifs is 2. The molecule has 0 saturated carbocycles. The van der Waals surface area contributed by atoms with Crippen LogP contribution in [0, 0.1) is 29.6 Å². The summed E-state index contributed by atoms with van der Waals surface area (Å²) in [5.74, 6) is -8.29. The normalized spacial score (nSPS) is 26.2. The smallest absolute Gasteiger partial charge is 0.861 e. The summed E-state index contributed by atoms with van der Waals surface area (Å²) >= 11 is 0. The molecule has 3 aliphatic heterocycles. The van der Waals surface area contributed by atoms with Gasteiger partial charge >= 0.3 is 40.0 Å². The van der Waals surface area contributed by atoms with Gasteiger partial charge < -0.3 is 51.0 Å². The number of aliphatic imine (C=N–C) groups is 1. The van der Waals surface area contributed by atoms with Gasteiger partial charge in [0.15, 0.2) is 0 Å². The fourth-order valence-corrected chi connectivity index (χ4v) is 10.7. The molecule has 22 nitrogen and oxygen atoms in total. The first-order chi connectivity index (χ1) is 37.7. The molecular formula is C57H84N9NaO13S. The van der Waals surface area contributed by atoms with E-state index in [0.717, 1.165) is 0 Å². The van der Waals surface area contributed by atoms with Crippen LogP contribution in [0.25, 0.3) is 0 Å². The van der Waals surface area contributed by atoms with E-state index in [1.807, 2.05) is 41.5 Å².